The van der Waals surface area contributed by atoms with E-state index in [0.717, 1.165) is 49.4 Å². The standard InChI is InChI=1S/C15H19N3O2/c16-13-6-2-1-4-11(13)7-8-15-17-14(18-20-15)10-12-5-3-9-19-12/h1-2,4,6,12H,3,5,7-10,16H2. The zero-order valence-electron chi connectivity index (χ0n) is 11.4. The third kappa shape index (κ3) is 3.17. The van der Waals surface area contributed by atoms with Crippen molar-refractivity contribution in [2.24, 2.45) is 0 Å². The largest absolute Gasteiger partial charge is 0.399 e. The fourth-order valence-electron chi connectivity index (χ4n) is 2.49. The summed E-state index contributed by atoms with van der Waals surface area (Å²) in [6.07, 6.45) is 4.75. The molecule has 0 saturated carbocycles. The van der Waals surface area contributed by atoms with Crippen molar-refractivity contribution in [3.8, 4) is 0 Å². The highest BCUT2D eigenvalue weighted by Crippen LogP contribution is 2.17. The Bertz CT molecular complexity index is 562. The van der Waals surface area contributed by atoms with Crippen LogP contribution in [0, 0.1) is 0 Å². The number of rotatable bonds is 5. The first-order chi connectivity index (χ1) is 9.81. The van der Waals surface area contributed by atoms with Gasteiger partial charge in [0.05, 0.1) is 6.10 Å². The second-order valence-electron chi connectivity index (χ2n) is 5.14. The van der Waals surface area contributed by atoms with Gasteiger partial charge in [-0.2, -0.15) is 4.98 Å². The number of aryl methyl sites for hydroxylation is 2. The van der Waals surface area contributed by atoms with Crippen molar-refractivity contribution in [1.82, 2.24) is 10.1 Å². The number of para-hydroxylation sites is 1. The number of aromatic nitrogens is 2. The van der Waals surface area contributed by atoms with Crippen LogP contribution in [0.2, 0.25) is 0 Å². The second-order valence-corrected chi connectivity index (χ2v) is 5.14. The van der Waals surface area contributed by atoms with Crippen molar-refractivity contribution in [3.05, 3.63) is 41.5 Å². The van der Waals surface area contributed by atoms with Gasteiger partial charge < -0.3 is 15.0 Å². The lowest BCUT2D eigenvalue weighted by Gasteiger charge is -2.04. The summed E-state index contributed by atoms with van der Waals surface area (Å²) in [6, 6.07) is 7.86. The normalized spacial score (nSPS) is 18.5. The zero-order valence-corrected chi connectivity index (χ0v) is 11.4. The lowest BCUT2D eigenvalue weighted by molar-refractivity contribution is 0.109. The third-order valence-corrected chi connectivity index (χ3v) is 3.61. The highest BCUT2D eigenvalue weighted by atomic mass is 16.5. The summed E-state index contributed by atoms with van der Waals surface area (Å²) in [5.74, 6) is 1.41. The Morgan fingerprint density at radius 3 is 2.95 bits per heavy atom. The van der Waals surface area contributed by atoms with Gasteiger partial charge in [0.15, 0.2) is 5.82 Å². The first kappa shape index (κ1) is 13.1. The topological polar surface area (TPSA) is 74.2 Å². The fraction of sp³-hybridized carbons (Fsp3) is 0.467. The zero-order chi connectivity index (χ0) is 13.8. The molecule has 1 unspecified atom stereocenters. The number of hydrogen-bond acceptors (Lipinski definition) is 5. The van der Waals surface area contributed by atoms with Gasteiger partial charge in [0.25, 0.3) is 0 Å². The lowest BCUT2D eigenvalue weighted by Crippen LogP contribution is -2.10. The Labute approximate surface area is 118 Å². The molecule has 2 N–H and O–H groups in total. The van der Waals surface area contributed by atoms with E-state index in [2.05, 4.69) is 10.1 Å². The van der Waals surface area contributed by atoms with Crippen molar-refractivity contribution in [1.29, 1.82) is 0 Å². The van der Waals surface area contributed by atoms with Crippen LogP contribution in [0.3, 0.4) is 0 Å². The van der Waals surface area contributed by atoms with E-state index in [1.54, 1.807) is 0 Å². The van der Waals surface area contributed by atoms with Crippen LogP contribution in [0.15, 0.2) is 28.8 Å². The molecule has 0 radical (unpaired) electrons. The minimum Gasteiger partial charge on any atom is -0.399 e. The number of nitrogen functional groups attached to an aromatic ring is 1. The molecule has 1 aromatic carbocycles. The number of nitrogens with two attached hydrogens (primary N) is 1. The maximum absolute atomic E-state index is 5.92. The van der Waals surface area contributed by atoms with Crippen molar-refractivity contribution < 1.29 is 9.26 Å². The SMILES string of the molecule is Nc1ccccc1CCc1nc(CC2CCCO2)no1. The van der Waals surface area contributed by atoms with Crippen LogP contribution in [0.25, 0.3) is 0 Å². The molecule has 0 spiro atoms. The predicted molar refractivity (Wildman–Crippen MR) is 75.2 cm³/mol. The van der Waals surface area contributed by atoms with Crippen LogP contribution in [-0.2, 0) is 24.0 Å². The molecule has 106 valence electrons. The molecular weight excluding hydrogens is 254 g/mol. The van der Waals surface area contributed by atoms with Gasteiger partial charge in [0.2, 0.25) is 5.89 Å². The van der Waals surface area contributed by atoms with Gasteiger partial charge >= 0.3 is 0 Å². The average Bonchev–Trinajstić information content (AvgIpc) is 3.10. The lowest BCUT2D eigenvalue weighted by atomic mass is 10.1. The summed E-state index contributed by atoms with van der Waals surface area (Å²) in [4.78, 5) is 4.42. The predicted octanol–water partition coefficient (Wildman–Crippen LogP) is 2.16. The highest BCUT2D eigenvalue weighted by molar-refractivity contribution is 5.46. The molecule has 2 heterocycles. The number of hydrogen-bond donors (Lipinski definition) is 1. The minimum absolute atomic E-state index is 0.255. The molecule has 20 heavy (non-hydrogen) atoms. The van der Waals surface area contributed by atoms with Gasteiger partial charge in [-0.15, -0.1) is 0 Å². The molecule has 1 fully saturated rings. The van der Waals surface area contributed by atoms with Crippen LogP contribution in [0.4, 0.5) is 5.69 Å². The molecule has 5 heteroatoms. The molecule has 3 rings (SSSR count). The van der Waals surface area contributed by atoms with Gasteiger partial charge in [0.1, 0.15) is 0 Å². The van der Waals surface area contributed by atoms with Gasteiger partial charge in [-0.1, -0.05) is 23.4 Å². The van der Waals surface area contributed by atoms with E-state index in [-0.39, 0.29) is 6.10 Å². The van der Waals surface area contributed by atoms with Crippen LogP contribution in [0.1, 0.15) is 30.1 Å². The molecule has 5 nitrogen and oxygen atoms in total. The first-order valence-electron chi connectivity index (χ1n) is 7.08. The number of nitrogens with zero attached hydrogens (tertiary/aromatic N) is 2. The first-order valence-corrected chi connectivity index (χ1v) is 7.08. The van der Waals surface area contributed by atoms with Crippen LogP contribution in [0.5, 0.6) is 0 Å². The molecule has 1 atom stereocenters. The van der Waals surface area contributed by atoms with Gasteiger partial charge in [-0.3, -0.25) is 0 Å². The van der Waals surface area contributed by atoms with Crippen molar-refractivity contribution in [3.63, 3.8) is 0 Å². The van der Waals surface area contributed by atoms with E-state index in [1.807, 2.05) is 24.3 Å². The average molecular weight is 273 g/mol. The minimum atomic E-state index is 0.255. The summed E-state index contributed by atoms with van der Waals surface area (Å²) < 4.78 is 10.9. The molecule has 0 amide bonds. The molecular formula is C15H19N3O2. The molecule has 1 aromatic heterocycles. The van der Waals surface area contributed by atoms with Gasteiger partial charge in [-0.05, 0) is 30.9 Å². The molecule has 2 aromatic rings. The van der Waals surface area contributed by atoms with Crippen molar-refractivity contribution in [2.45, 2.75) is 38.2 Å². The summed E-state index contributed by atoms with van der Waals surface area (Å²) in [6.45, 7) is 0.850. The highest BCUT2D eigenvalue weighted by Gasteiger charge is 2.19. The summed E-state index contributed by atoms with van der Waals surface area (Å²) >= 11 is 0. The number of anilines is 1. The Hall–Kier alpha value is -1.88. The second kappa shape index (κ2) is 6.05. The van der Waals surface area contributed by atoms with E-state index >= 15 is 0 Å². The number of benzene rings is 1. The van der Waals surface area contributed by atoms with Gasteiger partial charge in [-0.25, -0.2) is 0 Å². The summed E-state index contributed by atoms with van der Waals surface area (Å²) in [7, 11) is 0. The van der Waals surface area contributed by atoms with E-state index in [9.17, 15) is 0 Å². The third-order valence-electron chi connectivity index (χ3n) is 3.61. The Morgan fingerprint density at radius 1 is 1.25 bits per heavy atom. The molecule has 1 aliphatic rings. The molecule has 1 aliphatic heterocycles. The maximum Gasteiger partial charge on any atom is 0.226 e. The van der Waals surface area contributed by atoms with E-state index in [0.29, 0.717) is 12.3 Å². The van der Waals surface area contributed by atoms with Gasteiger partial charge in [0, 0.05) is 25.1 Å². The molecule has 1 saturated heterocycles. The van der Waals surface area contributed by atoms with E-state index < -0.39 is 0 Å². The fourth-order valence-corrected chi connectivity index (χ4v) is 2.49. The Kier molecular flexibility index (Phi) is 3.97. The summed E-state index contributed by atoms with van der Waals surface area (Å²) in [5.41, 5.74) is 7.84. The van der Waals surface area contributed by atoms with Crippen LogP contribution < -0.4 is 5.73 Å². The van der Waals surface area contributed by atoms with E-state index in [4.69, 9.17) is 15.0 Å². The Morgan fingerprint density at radius 2 is 2.15 bits per heavy atom. The van der Waals surface area contributed by atoms with Crippen LogP contribution in [-0.4, -0.2) is 22.9 Å². The van der Waals surface area contributed by atoms with E-state index in [1.165, 1.54) is 0 Å². The summed E-state index contributed by atoms with van der Waals surface area (Å²) in [5, 5.41) is 4.02. The quantitative estimate of drug-likeness (QED) is 0.845. The van der Waals surface area contributed by atoms with Crippen molar-refractivity contribution in [2.75, 3.05) is 12.3 Å². The monoisotopic (exact) mass is 273 g/mol. The molecule has 0 bridgehead atoms. The number of ether oxygens (including phenoxy) is 1. The van der Waals surface area contributed by atoms with Crippen LogP contribution >= 0.6 is 0 Å². The Balaban J connectivity index is 1.56. The molecule has 0 aliphatic carbocycles. The van der Waals surface area contributed by atoms with Crippen molar-refractivity contribution >= 4 is 5.69 Å². The maximum atomic E-state index is 5.92. The smallest absolute Gasteiger partial charge is 0.226 e.